The van der Waals surface area contributed by atoms with Crippen LogP contribution in [0.5, 0.6) is 0 Å². The molecule has 0 bridgehead atoms. The molecule has 2 aliphatic rings. The number of hydrogen-bond donors (Lipinski definition) is 1. The van der Waals surface area contributed by atoms with E-state index in [4.69, 9.17) is 4.74 Å². The van der Waals surface area contributed by atoms with Crippen molar-refractivity contribution in [2.75, 3.05) is 26.7 Å². The highest BCUT2D eigenvalue weighted by atomic mass is 19.1. The van der Waals surface area contributed by atoms with Crippen LogP contribution in [0.2, 0.25) is 0 Å². The molecule has 2 aliphatic heterocycles. The molecular formula is C19H22FN3O3. The van der Waals surface area contributed by atoms with Gasteiger partial charge in [-0.05, 0) is 31.5 Å². The molecule has 6 nitrogen and oxygen atoms in total. The molecule has 1 atom stereocenters. The summed E-state index contributed by atoms with van der Waals surface area (Å²) in [5.74, 6) is -0.419. The van der Waals surface area contributed by atoms with Crippen LogP contribution in [0.15, 0.2) is 29.1 Å². The Kier molecular flexibility index (Phi) is 4.19. The zero-order valence-electron chi connectivity index (χ0n) is 14.8. The minimum atomic E-state index is -0.419. The second-order valence-corrected chi connectivity index (χ2v) is 7.36. The summed E-state index contributed by atoms with van der Waals surface area (Å²) in [6.07, 6.45) is 2.25. The van der Waals surface area contributed by atoms with Crippen LogP contribution in [-0.4, -0.2) is 53.2 Å². The second-order valence-electron chi connectivity index (χ2n) is 7.36. The van der Waals surface area contributed by atoms with E-state index in [0.29, 0.717) is 24.2 Å². The fraction of sp³-hybridized carbons (Fsp3) is 0.474. The summed E-state index contributed by atoms with van der Waals surface area (Å²) in [5.41, 5.74) is 0.381. The van der Waals surface area contributed by atoms with Crippen molar-refractivity contribution in [2.45, 2.75) is 31.4 Å². The highest BCUT2D eigenvalue weighted by Crippen LogP contribution is 2.32. The molecular weight excluding hydrogens is 337 g/mol. The molecule has 2 saturated heterocycles. The molecule has 2 fully saturated rings. The number of likely N-dealkylation sites (tertiary alicyclic amines) is 1. The van der Waals surface area contributed by atoms with Crippen LogP contribution >= 0.6 is 0 Å². The predicted molar refractivity (Wildman–Crippen MR) is 95.5 cm³/mol. The SMILES string of the molecule is CN1CC2(CCCN(Cc3cc(=O)c4cccc(F)c4[nH]3)CC2)OC1=O. The molecule has 1 amide bonds. The normalized spacial score (nSPS) is 24.2. The largest absolute Gasteiger partial charge is 0.441 e. The van der Waals surface area contributed by atoms with Crippen LogP contribution in [0, 0.1) is 5.82 Å². The third-order valence-electron chi connectivity index (χ3n) is 5.40. The first-order chi connectivity index (χ1) is 12.5. The number of aromatic amines is 1. The Morgan fingerprint density at radius 3 is 2.88 bits per heavy atom. The number of rotatable bonds is 2. The van der Waals surface area contributed by atoms with E-state index in [1.807, 2.05) is 0 Å². The lowest BCUT2D eigenvalue weighted by molar-refractivity contribution is 0.0442. The number of para-hydroxylation sites is 1. The van der Waals surface area contributed by atoms with E-state index in [2.05, 4.69) is 9.88 Å². The molecule has 3 heterocycles. The smallest absolute Gasteiger partial charge is 0.410 e. The Morgan fingerprint density at radius 2 is 2.12 bits per heavy atom. The van der Waals surface area contributed by atoms with Gasteiger partial charge >= 0.3 is 6.09 Å². The third-order valence-corrected chi connectivity index (χ3v) is 5.40. The van der Waals surface area contributed by atoms with Crippen molar-refractivity contribution in [3.8, 4) is 0 Å². The number of likely N-dealkylation sites (N-methyl/N-ethyl adjacent to an activating group) is 1. The van der Waals surface area contributed by atoms with Crippen LogP contribution in [0.1, 0.15) is 25.0 Å². The fourth-order valence-corrected chi connectivity index (χ4v) is 4.05. The van der Waals surface area contributed by atoms with Crippen molar-refractivity contribution in [1.82, 2.24) is 14.8 Å². The lowest BCUT2D eigenvalue weighted by atomic mass is 9.95. The van der Waals surface area contributed by atoms with Crippen molar-refractivity contribution in [3.63, 3.8) is 0 Å². The summed E-state index contributed by atoms with van der Waals surface area (Å²) >= 11 is 0. The van der Waals surface area contributed by atoms with E-state index in [9.17, 15) is 14.0 Å². The maximum atomic E-state index is 14.0. The molecule has 0 saturated carbocycles. The van der Waals surface area contributed by atoms with Crippen LogP contribution in [0.3, 0.4) is 0 Å². The van der Waals surface area contributed by atoms with Crippen molar-refractivity contribution in [3.05, 3.63) is 46.0 Å². The van der Waals surface area contributed by atoms with Crippen LogP contribution in [0.4, 0.5) is 9.18 Å². The van der Waals surface area contributed by atoms with E-state index in [0.717, 1.165) is 32.4 Å². The van der Waals surface area contributed by atoms with E-state index in [-0.39, 0.29) is 17.0 Å². The van der Waals surface area contributed by atoms with E-state index < -0.39 is 11.4 Å². The molecule has 1 unspecified atom stereocenters. The Hall–Kier alpha value is -2.41. The minimum absolute atomic E-state index is 0.175. The molecule has 4 rings (SSSR count). The van der Waals surface area contributed by atoms with E-state index in [1.165, 1.54) is 6.07 Å². The van der Waals surface area contributed by atoms with Gasteiger partial charge in [-0.25, -0.2) is 9.18 Å². The van der Waals surface area contributed by atoms with Crippen LogP contribution in [-0.2, 0) is 11.3 Å². The van der Waals surface area contributed by atoms with Crippen molar-refractivity contribution in [1.29, 1.82) is 0 Å². The number of hydrogen-bond acceptors (Lipinski definition) is 4. The minimum Gasteiger partial charge on any atom is -0.441 e. The molecule has 2 aromatic rings. The van der Waals surface area contributed by atoms with Gasteiger partial charge in [0.1, 0.15) is 11.4 Å². The number of fused-ring (bicyclic) bond motifs is 1. The number of pyridine rings is 1. The molecule has 1 aromatic carbocycles. The van der Waals surface area contributed by atoms with E-state index in [1.54, 1.807) is 30.1 Å². The summed E-state index contributed by atoms with van der Waals surface area (Å²) in [6, 6.07) is 6.07. The Morgan fingerprint density at radius 1 is 1.27 bits per heavy atom. The zero-order valence-corrected chi connectivity index (χ0v) is 14.8. The second kappa shape index (κ2) is 6.39. The quantitative estimate of drug-likeness (QED) is 0.895. The number of H-pyrrole nitrogens is 1. The summed E-state index contributed by atoms with van der Waals surface area (Å²) < 4.78 is 19.7. The van der Waals surface area contributed by atoms with Crippen molar-refractivity contribution >= 4 is 17.0 Å². The molecule has 138 valence electrons. The van der Waals surface area contributed by atoms with Crippen LogP contribution < -0.4 is 5.43 Å². The molecule has 26 heavy (non-hydrogen) atoms. The van der Waals surface area contributed by atoms with Gasteiger partial charge < -0.3 is 14.6 Å². The Labute approximate surface area is 150 Å². The van der Waals surface area contributed by atoms with Crippen LogP contribution in [0.25, 0.3) is 10.9 Å². The first-order valence-corrected chi connectivity index (χ1v) is 8.93. The molecule has 1 spiro atoms. The summed E-state index contributed by atoms with van der Waals surface area (Å²) in [7, 11) is 1.76. The Balaban J connectivity index is 1.52. The summed E-state index contributed by atoms with van der Waals surface area (Å²) in [6.45, 7) is 2.77. The maximum absolute atomic E-state index is 14.0. The highest BCUT2D eigenvalue weighted by Gasteiger charge is 2.44. The van der Waals surface area contributed by atoms with Gasteiger partial charge in [0.2, 0.25) is 0 Å². The van der Waals surface area contributed by atoms with Gasteiger partial charge in [-0.1, -0.05) is 6.07 Å². The lowest BCUT2D eigenvalue weighted by Gasteiger charge is -2.25. The zero-order chi connectivity index (χ0) is 18.3. The standard InChI is InChI=1S/C19H22FN3O3/c1-22-12-19(26-18(22)25)6-3-8-23(9-7-19)11-13-10-16(24)14-4-2-5-15(20)17(14)21-13/h2,4-5,10H,3,6-9,11-12H2,1H3,(H,21,24). The number of nitrogens with zero attached hydrogens (tertiary/aromatic N) is 2. The van der Waals surface area contributed by atoms with Gasteiger partial charge in [0, 0.05) is 43.7 Å². The average Bonchev–Trinajstić information content (AvgIpc) is 2.75. The van der Waals surface area contributed by atoms with Gasteiger partial charge in [0.15, 0.2) is 5.43 Å². The molecule has 0 radical (unpaired) electrons. The lowest BCUT2D eigenvalue weighted by Crippen LogP contribution is -2.35. The first-order valence-electron chi connectivity index (χ1n) is 8.93. The predicted octanol–water partition coefficient (Wildman–Crippen LogP) is 2.47. The topological polar surface area (TPSA) is 65.6 Å². The monoisotopic (exact) mass is 359 g/mol. The number of aromatic nitrogens is 1. The Bertz CT molecular complexity index is 913. The highest BCUT2D eigenvalue weighted by molar-refractivity contribution is 5.78. The molecule has 7 heteroatoms. The maximum Gasteiger partial charge on any atom is 0.410 e. The molecule has 1 aromatic heterocycles. The number of carbonyl (C=O) groups is 1. The third kappa shape index (κ3) is 3.07. The summed E-state index contributed by atoms with van der Waals surface area (Å²) in [5, 5.41) is 0.365. The van der Waals surface area contributed by atoms with Gasteiger partial charge in [-0.2, -0.15) is 0 Å². The van der Waals surface area contributed by atoms with Crippen molar-refractivity contribution < 1.29 is 13.9 Å². The molecule has 0 aliphatic carbocycles. The number of benzene rings is 1. The summed E-state index contributed by atoms with van der Waals surface area (Å²) in [4.78, 5) is 30.9. The average molecular weight is 359 g/mol. The first kappa shape index (κ1) is 17.0. The number of ether oxygens (including phenoxy) is 1. The van der Waals surface area contributed by atoms with Gasteiger partial charge in [-0.15, -0.1) is 0 Å². The van der Waals surface area contributed by atoms with Gasteiger partial charge in [0.05, 0.1) is 12.1 Å². The number of carbonyl (C=O) groups excluding carboxylic acids is 1. The number of halogens is 1. The van der Waals surface area contributed by atoms with Crippen molar-refractivity contribution in [2.24, 2.45) is 0 Å². The molecule has 1 N–H and O–H groups in total. The van der Waals surface area contributed by atoms with Gasteiger partial charge in [-0.3, -0.25) is 9.69 Å². The van der Waals surface area contributed by atoms with E-state index >= 15 is 0 Å². The number of amides is 1. The van der Waals surface area contributed by atoms with Gasteiger partial charge in [0.25, 0.3) is 0 Å². The fourth-order valence-electron chi connectivity index (χ4n) is 4.05. The number of nitrogens with one attached hydrogen (secondary N) is 1.